The molecular weight excluding hydrogens is 829 g/mol. The predicted octanol–water partition coefficient (Wildman–Crippen LogP) is 0.460. The van der Waals surface area contributed by atoms with Crippen LogP contribution in [0.1, 0.15) is 109 Å². The van der Waals surface area contributed by atoms with Crippen LogP contribution >= 0.6 is 11.8 Å². The number of fused-ring (bicyclic) bond motifs is 1. The van der Waals surface area contributed by atoms with E-state index in [9.17, 15) is 42.0 Å². The molecule has 0 spiro atoms. The van der Waals surface area contributed by atoms with Gasteiger partial charge in [-0.05, 0) is 83.1 Å². The highest BCUT2D eigenvalue weighted by Crippen LogP contribution is 2.40. The number of sulfonamides is 1. The molecule has 7 unspecified atom stereocenters. The van der Waals surface area contributed by atoms with Crippen LogP contribution in [0.5, 0.6) is 0 Å². The second-order valence-corrected chi connectivity index (χ2v) is 20.8. The van der Waals surface area contributed by atoms with Crippen LogP contribution in [-0.2, 0) is 48.3 Å². The van der Waals surface area contributed by atoms with Crippen molar-refractivity contribution < 1.29 is 46.7 Å². The van der Waals surface area contributed by atoms with E-state index in [0.717, 1.165) is 49.1 Å². The summed E-state index contributed by atoms with van der Waals surface area (Å²) in [5.41, 5.74) is -0.255. The molecule has 4 saturated heterocycles. The van der Waals surface area contributed by atoms with Crippen LogP contribution in [0.15, 0.2) is 0 Å². The smallest absolute Gasteiger partial charge is 0.249 e. The Hall–Kier alpha value is -3.17. The molecule has 0 aromatic rings. The summed E-state index contributed by atoms with van der Waals surface area (Å²) in [7, 11) is -3.42. The Morgan fingerprint density at radius 1 is 0.902 bits per heavy atom. The number of rotatable bonds is 21. The largest absolute Gasteiger partial charge is 0.381 e. The fourth-order valence-corrected chi connectivity index (χ4v) is 11.9. The number of piperidine rings is 1. The average molecular weight is 895 g/mol. The Bertz CT molecular complexity index is 1710. The molecule has 61 heavy (non-hydrogen) atoms. The van der Waals surface area contributed by atoms with E-state index in [2.05, 4.69) is 31.9 Å². The first-order chi connectivity index (χ1) is 29.3. The summed E-state index contributed by atoms with van der Waals surface area (Å²) < 4.78 is 31.1. The van der Waals surface area contributed by atoms with Gasteiger partial charge in [-0.3, -0.25) is 49.1 Å². The van der Waals surface area contributed by atoms with Crippen molar-refractivity contribution in [3.05, 3.63) is 0 Å². The molecule has 2 saturated carbocycles. The van der Waals surface area contributed by atoms with Crippen molar-refractivity contribution in [2.75, 3.05) is 51.4 Å². The molecule has 6 N–H and O–H groups in total. The van der Waals surface area contributed by atoms with Crippen LogP contribution in [0, 0.1) is 23.7 Å². The number of carbonyl (C=O) groups is 7. The van der Waals surface area contributed by atoms with Gasteiger partial charge in [0.1, 0.15) is 17.6 Å². The Morgan fingerprint density at radius 3 is 2.43 bits per heavy atom. The maximum absolute atomic E-state index is 13.5. The third-order valence-electron chi connectivity index (χ3n) is 13.3. The molecule has 8 atom stereocenters. The first-order valence-corrected chi connectivity index (χ1v) is 25.4. The minimum Gasteiger partial charge on any atom is -0.381 e. The molecule has 2 aliphatic carbocycles. The Labute approximate surface area is 363 Å². The van der Waals surface area contributed by atoms with Crippen molar-refractivity contribution in [3.63, 3.8) is 0 Å². The highest BCUT2D eigenvalue weighted by Gasteiger charge is 2.54. The molecule has 4 aliphatic heterocycles. The molecule has 0 aromatic heterocycles. The first-order valence-electron chi connectivity index (χ1n) is 22.5. The van der Waals surface area contributed by atoms with Crippen LogP contribution in [0.25, 0.3) is 0 Å². The second kappa shape index (κ2) is 22.4. The number of unbranched alkanes of at least 4 members (excludes halogenated alkanes) is 2. The SMILES string of the molecule is CS(=O)(=O)N1CCC(C(=O)N[C@@H](CCOCCCC(=O)NCCCCCNC2CCC3C(=O)N(C4CCC(=O)NC4=O)C(=O)C3C2)C(=O)NC2NC(C3CCCCC3)CS2)C1. The number of hydrogen-bond donors (Lipinski definition) is 6. The topological polar surface area (TPSA) is 242 Å². The van der Waals surface area contributed by atoms with E-state index in [0.29, 0.717) is 57.2 Å². The minimum atomic E-state index is -3.42. The molecule has 0 aromatic carbocycles. The molecule has 0 radical (unpaired) electrons. The van der Waals surface area contributed by atoms with Gasteiger partial charge in [-0.2, -0.15) is 0 Å². The first kappa shape index (κ1) is 47.3. The van der Waals surface area contributed by atoms with E-state index >= 15 is 0 Å². The van der Waals surface area contributed by atoms with Crippen molar-refractivity contribution in [2.45, 2.75) is 139 Å². The van der Waals surface area contributed by atoms with Crippen molar-refractivity contribution in [1.29, 1.82) is 0 Å². The number of nitrogens with one attached hydrogen (secondary N) is 6. The normalized spacial score (nSPS) is 29.3. The average Bonchev–Trinajstić information content (AvgIpc) is 3.98. The van der Waals surface area contributed by atoms with Gasteiger partial charge < -0.3 is 26.0 Å². The molecular formula is C41H66N8O10S2. The molecule has 6 fully saturated rings. The number of nitrogens with zero attached hydrogens (tertiary/aromatic N) is 2. The molecule has 18 nitrogen and oxygen atoms in total. The molecule has 6 aliphatic rings. The second-order valence-electron chi connectivity index (χ2n) is 17.7. The Morgan fingerprint density at radius 2 is 1.67 bits per heavy atom. The van der Waals surface area contributed by atoms with E-state index in [-0.39, 0.29) is 85.9 Å². The zero-order chi connectivity index (χ0) is 43.5. The van der Waals surface area contributed by atoms with Gasteiger partial charge in [0.25, 0.3) is 0 Å². The van der Waals surface area contributed by atoms with Crippen molar-refractivity contribution >= 4 is 63.1 Å². The van der Waals surface area contributed by atoms with Gasteiger partial charge in [-0.15, -0.1) is 11.8 Å². The number of likely N-dealkylation sites (tertiary alicyclic amines) is 1. The highest BCUT2D eigenvalue weighted by atomic mass is 32.2. The van der Waals surface area contributed by atoms with Crippen LogP contribution in [-0.4, -0.2) is 140 Å². The predicted molar refractivity (Wildman–Crippen MR) is 227 cm³/mol. The quantitative estimate of drug-likeness (QED) is 0.0679. The number of carbonyl (C=O) groups excluding carboxylic acids is 7. The lowest BCUT2D eigenvalue weighted by atomic mass is 9.78. The summed E-state index contributed by atoms with van der Waals surface area (Å²) in [5.74, 6) is -2.17. The molecule has 0 bridgehead atoms. The zero-order valence-electron chi connectivity index (χ0n) is 35.5. The van der Waals surface area contributed by atoms with E-state index < -0.39 is 45.8 Å². The molecule has 6 rings (SSSR count). The van der Waals surface area contributed by atoms with Crippen LogP contribution in [0.3, 0.4) is 0 Å². The van der Waals surface area contributed by atoms with Crippen molar-refractivity contribution in [3.8, 4) is 0 Å². The third kappa shape index (κ3) is 13.2. The lowest BCUT2D eigenvalue weighted by Crippen LogP contribution is -2.54. The number of thioether (sulfide) groups is 1. The monoisotopic (exact) mass is 894 g/mol. The number of ether oxygens (including phenoxy) is 1. The lowest BCUT2D eigenvalue weighted by Gasteiger charge is -2.29. The number of hydrogen-bond acceptors (Lipinski definition) is 13. The molecule has 7 amide bonds. The summed E-state index contributed by atoms with van der Waals surface area (Å²) in [6.07, 6.45) is 13.4. The lowest BCUT2D eigenvalue weighted by molar-refractivity contribution is -0.151. The van der Waals surface area contributed by atoms with Gasteiger partial charge in [0.05, 0.1) is 24.0 Å². The maximum Gasteiger partial charge on any atom is 0.249 e. The molecule has 342 valence electrons. The Kier molecular flexibility index (Phi) is 17.4. The van der Waals surface area contributed by atoms with Gasteiger partial charge in [-0.1, -0.05) is 25.7 Å². The summed E-state index contributed by atoms with van der Waals surface area (Å²) >= 11 is 1.66. The van der Waals surface area contributed by atoms with E-state index in [1.807, 2.05) is 0 Å². The van der Waals surface area contributed by atoms with Gasteiger partial charge in [0.2, 0.25) is 51.4 Å². The van der Waals surface area contributed by atoms with E-state index in [1.54, 1.807) is 11.8 Å². The fraction of sp³-hybridized carbons (Fsp3) is 0.829. The Balaban J connectivity index is 0.823. The van der Waals surface area contributed by atoms with Gasteiger partial charge in [0, 0.05) is 63.5 Å². The highest BCUT2D eigenvalue weighted by molar-refractivity contribution is 8.00. The van der Waals surface area contributed by atoms with Crippen molar-refractivity contribution in [1.82, 2.24) is 41.1 Å². The summed E-state index contributed by atoms with van der Waals surface area (Å²) in [4.78, 5) is 90.5. The van der Waals surface area contributed by atoms with Crippen LogP contribution in [0.2, 0.25) is 0 Å². The van der Waals surface area contributed by atoms with Gasteiger partial charge >= 0.3 is 0 Å². The minimum absolute atomic E-state index is 0.0714. The standard InChI is InChI=1S/C41H66N8O10S2/c1-61(57,58)48-20-16-27(24-48)36(52)44-31(37(53)47-41-45-32(25-60-41)26-9-4-2-5-10-26)17-22-59-21-8-11-34(50)43-19-7-3-6-18-42-28-12-13-29-30(23-28)40(56)49(39(29)55)33-14-15-35(51)46-38(33)54/h26-33,41-42,45H,2-25H2,1H3,(H,43,50)(H,44,52)(H,47,53)(H,46,51,54)/t27?,28?,29?,30?,31-,32?,33?,41?/m0/s1. The number of amides is 7. The zero-order valence-corrected chi connectivity index (χ0v) is 37.1. The van der Waals surface area contributed by atoms with E-state index in [1.165, 1.54) is 36.4 Å². The van der Waals surface area contributed by atoms with Crippen LogP contribution in [0.4, 0.5) is 0 Å². The number of imide groups is 2. The van der Waals surface area contributed by atoms with Crippen LogP contribution < -0.4 is 31.9 Å². The third-order valence-corrected chi connectivity index (χ3v) is 15.7. The fourth-order valence-electron chi connectivity index (χ4n) is 9.73. The van der Waals surface area contributed by atoms with Gasteiger partial charge in [0.15, 0.2) is 0 Å². The summed E-state index contributed by atoms with van der Waals surface area (Å²) in [6, 6.07) is -1.32. The summed E-state index contributed by atoms with van der Waals surface area (Å²) in [6.45, 7) is 2.16. The molecule has 20 heteroatoms. The van der Waals surface area contributed by atoms with Crippen molar-refractivity contribution in [2.24, 2.45) is 23.7 Å². The molecule has 4 heterocycles. The van der Waals surface area contributed by atoms with E-state index in [4.69, 9.17) is 4.74 Å². The van der Waals surface area contributed by atoms with Gasteiger partial charge in [-0.25, -0.2) is 12.7 Å². The summed E-state index contributed by atoms with van der Waals surface area (Å²) in [5, 5.41) is 18.2. The maximum atomic E-state index is 13.5.